The number of benzene rings is 1. The van der Waals surface area contributed by atoms with Gasteiger partial charge in [-0.2, -0.15) is 5.10 Å². The summed E-state index contributed by atoms with van der Waals surface area (Å²) in [6.45, 7) is 2.39. The molecule has 0 saturated carbocycles. The van der Waals surface area contributed by atoms with E-state index in [1.165, 1.54) is 18.6 Å². The summed E-state index contributed by atoms with van der Waals surface area (Å²) in [7, 11) is 0. The molecule has 0 unspecified atom stereocenters. The van der Waals surface area contributed by atoms with Crippen molar-refractivity contribution in [2.75, 3.05) is 11.4 Å². The highest BCUT2D eigenvalue weighted by molar-refractivity contribution is 6.42. The van der Waals surface area contributed by atoms with Gasteiger partial charge in [0.15, 0.2) is 5.78 Å². The lowest BCUT2D eigenvalue weighted by Gasteiger charge is -2.32. The number of halogens is 2. The van der Waals surface area contributed by atoms with Crippen molar-refractivity contribution < 1.29 is 9.59 Å². The molecule has 1 atom stereocenters. The zero-order chi connectivity index (χ0) is 19.8. The molecule has 1 aliphatic rings. The Balaban J connectivity index is 1.68. The third kappa shape index (κ3) is 3.27. The van der Waals surface area contributed by atoms with Crippen LogP contribution in [0.2, 0.25) is 10.0 Å². The molecule has 1 aliphatic heterocycles. The third-order valence-electron chi connectivity index (χ3n) is 4.60. The Labute approximate surface area is 170 Å². The first-order valence-electron chi connectivity index (χ1n) is 8.58. The van der Waals surface area contributed by atoms with Crippen LogP contribution in [0.1, 0.15) is 39.5 Å². The van der Waals surface area contributed by atoms with E-state index >= 15 is 0 Å². The first-order valence-corrected chi connectivity index (χ1v) is 9.34. The Kier molecular flexibility index (Phi) is 4.87. The smallest absolute Gasteiger partial charge is 0.276 e. The summed E-state index contributed by atoms with van der Waals surface area (Å²) in [4.78, 5) is 35.3. The van der Waals surface area contributed by atoms with Crippen LogP contribution in [-0.4, -0.2) is 38.0 Å². The average molecular weight is 416 g/mol. The monoisotopic (exact) mass is 415 g/mol. The lowest BCUT2D eigenvalue weighted by atomic mass is 10.0. The van der Waals surface area contributed by atoms with Gasteiger partial charge < -0.3 is 4.90 Å². The quantitative estimate of drug-likeness (QED) is 0.607. The minimum atomic E-state index is -0.240. The van der Waals surface area contributed by atoms with Gasteiger partial charge in [-0.3, -0.25) is 19.3 Å². The number of carbonyl (C=O) groups excluding carboxylic acids is 2. The van der Waals surface area contributed by atoms with E-state index < -0.39 is 0 Å². The van der Waals surface area contributed by atoms with Gasteiger partial charge in [0.25, 0.3) is 5.91 Å². The van der Waals surface area contributed by atoms with Crippen molar-refractivity contribution in [1.82, 2.24) is 19.7 Å². The number of hydrogen-bond donors (Lipinski definition) is 0. The lowest BCUT2D eigenvalue weighted by molar-refractivity contribution is 0.0951. The highest BCUT2D eigenvalue weighted by Gasteiger charge is 2.34. The largest absolute Gasteiger partial charge is 0.305 e. The summed E-state index contributed by atoms with van der Waals surface area (Å²) in [6.07, 6.45) is 5.95. The number of anilines is 1. The molecule has 2 aromatic heterocycles. The summed E-state index contributed by atoms with van der Waals surface area (Å²) in [5, 5.41) is 5.12. The number of aromatic nitrogens is 4. The minimum Gasteiger partial charge on any atom is -0.305 e. The minimum absolute atomic E-state index is 0.0156. The van der Waals surface area contributed by atoms with Crippen LogP contribution in [0.15, 0.2) is 43.0 Å². The number of Topliss-reactive ketones (excluding diaryl/α,β-unsaturated/α-hetero) is 1. The molecule has 142 valence electrons. The molecular formula is C19H15Cl2N5O2. The van der Waals surface area contributed by atoms with E-state index in [4.69, 9.17) is 23.2 Å². The van der Waals surface area contributed by atoms with Crippen LogP contribution in [0.4, 0.5) is 5.69 Å². The molecule has 0 spiro atoms. The summed E-state index contributed by atoms with van der Waals surface area (Å²) < 4.78 is 1.66. The number of ketones is 1. The van der Waals surface area contributed by atoms with Gasteiger partial charge in [-0.15, -0.1) is 0 Å². The highest BCUT2D eigenvalue weighted by atomic mass is 35.5. The maximum Gasteiger partial charge on any atom is 0.276 e. The second kappa shape index (κ2) is 7.33. The van der Waals surface area contributed by atoms with Gasteiger partial charge in [0.05, 0.1) is 28.5 Å². The first kappa shape index (κ1) is 18.6. The molecule has 3 heterocycles. The summed E-state index contributed by atoms with van der Waals surface area (Å²) in [6, 6.07) is 4.99. The molecule has 1 amide bonds. The van der Waals surface area contributed by atoms with Crippen LogP contribution < -0.4 is 4.90 Å². The van der Waals surface area contributed by atoms with Crippen molar-refractivity contribution in [2.24, 2.45) is 0 Å². The zero-order valence-electron chi connectivity index (χ0n) is 14.8. The molecule has 3 aromatic rings. The van der Waals surface area contributed by atoms with Crippen LogP contribution in [0.5, 0.6) is 0 Å². The first-order chi connectivity index (χ1) is 13.5. The van der Waals surface area contributed by atoms with E-state index in [-0.39, 0.29) is 29.8 Å². The predicted molar refractivity (Wildman–Crippen MR) is 105 cm³/mol. The Morgan fingerprint density at radius 3 is 2.75 bits per heavy atom. The molecule has 28 heavy (non-hydrogen) atoms. The number of carbonyl (C=O) groups is 2. The number of fused-ring (bicyclic) bond motifs is 1. The Hall–Kier alpha value is -2.77. The molecular weight excluding hydrogens is 401 g/mol. The normalized spacial score (nSPS) is 16.2. The molecule has 0 saturated heterocycles. The fourth-order valence-corrected chi connectivity index (χ4v) is 3.52. The second-order valence-electron chi connectivity index (χ2n) is 6.52. The SMILES string of the molecule is C[C@H]1CN(c2ccc(Cl)c(Cl)c2)C(=O)c2c(CC(=O)c3cnccn3)cnn21. The Bertz CT molecular complexity index is 1070. The summed E-state index contributed by atoms with van der Waals surface area (Å²) >= 11 is 12.1. The van der Waals surface area contributed by atoms with Gasteiger partial charge in [0.2, 0.25) is 0 Å². The fraction of sp³-hybridized carbons (Fsp3) is 0.211. The Morgan fingerprint density at radius 2 is 2.04 bits per heavy atom. The zero-order valence-corrected chi connectivity index (χ0v) is 16.4. The fourth-order valence-electron chi connectivity index (χ4n) is 3.23. The van der Waals surface area contributed by atoms with E-state index in [0.29, 0.717) is 33.5 Å². The molecule has 7 nitrogen and oxygen atoms in total. The molecule has 0 fully saturated rings. The van der Waals surface area contributed by atoms with Gasteiger partial charge in [-0.1, -0.05) is 23.2 Å². The third-order valence-corrected chi connectivity index (χ3v) is 5.34. The van der Waals surface area contributed by atoms with Crippen molar-refractivity contribution >= 4 is 40.6 Å². The van der Waals surface area contributed by atoms with Crippen LogP contribution in [0.25, 0.3) is 0 Å². The van der Waals surface area contributed by atoms with Crippen LogP contribution in [0.3, 0.4) is 0 Å². The molecule has 0 N–H and O–H groups in total. The van der Waals surface area contributed by atoms with Gasteiger partial charge in [-0.05, 0) is 25.1 Å². The van der Waals surface area contributed by atoms with E-state index in [1.807, 2.05) is 6.92 Å². The van der Waals surface area contributed by atoms with Crippen LogP contribution in [-0.2, 0) is 6.42 Å². The predicted octanol–water partition coefficient (Wildman–Crippen LogP) is 3.63. The molecule has 4 rings (SSSR count). The van der Waals surface area contributed by atoms with Crippen molar-refractivity contribution in [3.05, 3.63) is 70.0 Å². The number of nitrogens with zero attached hydrogens (tertiary/aromatic N) is 5. The Morgan fingerprint density at radius 1 is 1.21 bits per heavy atom. The van der Waals surface area contributed by atoms with Crippen molar-refractivity contribution in [1.29, 1.82) is 0 Å². The van der Waals surface area contributed by atoms with Crippen LogP contribution >= 0.6 is 23.2 Å². The molecule has 1 aromatic carbocycles. The topological polar surface area (TPSA) is 81.0 Å². The van der Waals surface area contributed by atoms with E-state index in [9.17, 15) is 9.59 Å². The molecule has 9 heteroatoms. The van der Waals surface area contributed by atoms with Crippen molar-refractivity contribution in [3.63, 3.8) is 0 Å². The number of amides is 1. The molecule has 0 aliphatic carbocycles. The van der Waals surface area contributed by atoms with E-state index in [2.05, 4.69) is 15.1 Å². The van der Waals surface area contributed by atoms with Gasteiger partial charge >= 0.3 is 0 Å². The highest BCUT2D eigenvalue weighted by Crippen LogP contribution is 2.32. The molecule has 0 radical (unpaired) electrons. The van der Waals surface area contributed by atoms with E-state index in [0.717, 1.165) is 0 Å². The maximum atomic E-state index is 13.2. The number of rotatable bonds is 4. The van der Waals surface area contributed by atoms with Crippen molar-refractivity contribution in [3.8, 4) is 0 Å². The maximum absolute atomic E-state index is 13.2. The lowest BCUT2D eigenvalue weighted by Crippen LogP contribution is -2.43. The summed E-state index contributed by atoms with van der Waals surface area (Å²) in [5.74, 6) is -0.466. The van der Waals surface area contributed by atoms with Crippen LogP contribution in [0, 0.1) is 0 Å². The van der Waals surface area contributed by atoms with Gasteiger partial charge in [0.1, 0.15) is 11.4 Å². The van der Waals surface area contributed by atoms with Gasteiger partial charge in [-0.25, -0.2) is 4.98 Å². The average Bonchev–Trinajstić information content (AvgIpc) is 3.12. The standard InChI is InChI=1S/C19H15Cl2N5O2/c1-11-10-25(13-2-3-14(20)15(21)7-13)19(28)18-12(8-24-26(11)18)6-17(27)16-9-22-4-5-23-16/h2-5,7-9,11H,6,10H2,1H3/t11-/m0/s1. The summed E-state index contributed by atoms with van der Waals surface area (Å²) in [5.41, 5.74) is 1.84. The number of hydrogen-bond acceptors (Lipinski definition) is 5. The molecule has 0 bridgehead atoms. The van der Waals surface area contributed by atoms with E-state index in [1.54, 1.807) is 34.0 Å². The second-order valence-corrected chi connectivity index (χ2v) is 7.33. The van der Waals surface area contributed by atoms with Crippen molar-refractivity contribution in [2.45, 2.75) is 19.4 Å². The van der Waals surface area contributed by atoms with Gasteiger partial charge in [0, 0.05) is 36.6 Å².